The Morgan fingerprint density at radius 3 is 0.962 bits per heavy atom. The van der Waals surface area contributed by atoms with E-state index in [-0.39, 0.29) is 19.4 Å². The number of hydrogen-bond acceptors (Lipinski definition) is 6. The van der Waals surface area contributed by atoms with Gasteiger partial charge >= 0.3 is 19.8 Å². The molecule has 53 heavy (non-hydrogen) atoms. The SMILES string of the molecule is CCCCCCCCCCCCCCCCCCCCCCCCC(=O)OC(COC(=O)CCCCCCCCCCCCCCC)COP(=O)(O)O. The fourth-order valence-electron chi connectivity index (χ4n) is 6.96. The van der Waals surface area contributed by atoms with Crippen molar-refractivity contribution in [1.82, 2.24) is 0 Å². The Hall–Kier alpha value is -0.950. The van der Waals surface area contributed by atoms with Gasteiger partial charge in [-0.3, -0.25) is 14.1 Å². The minimum Gasteiger partial charge on any atom is -0.462 e. The molecule has 1 unspecified atom stereocenters. The van der Waals surface area contributed by atoms with Crippen molar-refractivity contribution < 1.29 is 37.9 Å². The standard InChI is InChI=1S/C44H87O8P/c1-3-5-7-9-11-13-15-17-18-19-20-21-22-23-24-25-27-29-31-33-35-37-39-44(46)52-42(41-51-53(47,48)49)40-50-43(45)38-36-34-32-30-28-26-16-14-12-10-8-6-4-2/h42H,3-41H2,1-2H3,(H2,47,48,49). The molecule has 0 aromatic carbocycles. The van der Waals surface area contributed by atoms with Crippen LogP contribution in [-0.2, 0) is 28.2 Å². The summed E-state index contributed by atoms with van der Waals surface area (Å²) >= 11 is 0. The first kappa shape index (κ1) is 52.0. The number of phosphoric acid groups is 1. The van der Waals surface area contributed by atoms with Crippen LogP contribution in [0.25, 0.3) is 0 Å². The van der Waals surface area contributed by atoms with Crippen LogP contribution in [0.4, 0.5) is 0 Å². The Balaban J connectivity index is 3.78. The van der Waals surface area contributed by atoms with Crippen LogP contribution < -0.4 is 0 Å². The van der Waals surface area contributed by atoms with E-state index < -0.39 is 32.5 Å². The van der Waals surface area contributed by atoms with Crippen molar-refractivity contribution in [2.75, 3.05) is 13.2 Å². The second kappa shape index (κ2) is 40.7. The van der Waals surface area contributed by atoms with Gasteiger partial charge in [-0.25, -0.2) is 4.57 Å². The second-order valence-corrected chi connectivity index (χ2v) is 17.0. The summed E-state index contributed by atoms with van der Waals surface area (Å²) < 4.78 is 26.4. The zero-order valence-corrected chi connectivity index (χ0v) is 35.8. The van der Waals surface area contributed by atoms with Crippen molar-refractivity contribution in [3.63, 3.8) is 0 Å². The van der Waals surface area contributed by atoms with Crippen molar-refractivity contribution in [1.29, 1.82) is 0 Å². The number of esters is 2. The van der Waals surface area contributed by atoms with Gasteiger partial charge in [0, 0.05) is 12.8 Å². The molecule has 0 rings (SSSR count). The number of rotatable bonds is 43. The van der Waals surface area contributed by atoms with Crippen LogP contribution in [0.15, 0.2) is 0 Å². The molecule has 0 heterocycles. The van der Waals surface area contributed by atoms with E-state index in [9.17, 15) is 14.2 Å². The number of phosphoric ester groups is 1. The van der Waals surface area contributed by atoms with E-state index in [4.69, 9.17) is 19.3 Å². The van der Waals surface area contributed by atoms with Crippen LogP contribution in [0.5, 0.6) is 0 Å². The van der Waals surface area contributed by atoms with E-state index in [0.29, 0.717) is 6.42 Å². The first-order chi connectivity index (χ1) is 25.8. The minimum absolute atomic E-state index is 0.221. The van der Waals surface area contributed by atoms with E-state index in [2.05, 4.69) is 18.4 Å². The van der Waals surface area contributed by atoms with Crippen molar-refractivity contribution in [3.8, 4) is 0 Å². The molecule has 2 N–H and O–H groups in total. The van der Waals surface area contributed by atoms with Gasteiger partial charge in [0.15, 0.2) is 6.10 Å². The predicted molar refractivity (Wildman–Crippen MR) is 221 cm³/mol. The molecular formula is C44H87O8P. The molecule has 0 spiro atoms. The third-order valence-corrected chi connectivity index (χ3v) is 10.9. The van der Waals surface area contributed by atoms with E-state index >= 15 is 0 Å². The quantitative estimate of drug-likeness (QED) is 0.0357. The van der Waals surface area contributed by atoms with Gasteiger partial charge in [0.2, 0.25) is 0 Å². The van der Waals surface area contributed by atoms with Crippen LogP contribution in [0, 0.1) is 0 Å². The summed E-state index contributed by atoms with van der Waals surface area (Å²) in [6.45, 7) is 3.72. The number of carbonyl (C=O) groups is 2. The monoisotopic (exact) mass is 775 g/mol. The molecule has 0 fully saturated rings. The smallest absolute Gasteiger partial charge is 0.462 e. The molecule has 0 aromatic heterocycles. The number of ether oxygens (including phenoxy) is 2. The lowest BCUT2D eigenvalue weighted by Crippen LogP contribution is -2.29. The summed E-state index contributed by atoms with van der Waals surface area (Å²) in [5, 5.41) is 0. The average Bonchev–Trinajstić information content (AvgIpc) is 3.13. The predicted octanol–water partition coefficient (Wildman–Crippen LogP) is 14.0. The van der Waals surface area contributed by atoms with Gasteiger partial charge in [-0.15, -0.1) is 0 Å². The van der Waals surface area contributed by atoms with Crippen molar-refractivity contribution >= 4 is 19.8 Å². The largest absolute Gasteiger partial charge is 0.469 e. The first-order valence-corrected chi connectivity index (χ1v) is 24.4. The second-order valence-electron chi connectivity index (χ2n) is 15.7. The Morgan fingerprint density at radius 2 is 0.679 bits per heavy atom. The third kappa shape index (κ3) is 43.6. The summed E-state index contributed by atoms with van der Waals surface area (Å²) in [6, 6.07) is 0. The minimum atomic E-state index is -4.75. The van der Waals surface area contributed by atoms with Crippen molar-refractivity contribution in [2.45, 2.75) is 258 Å². The molecule has 0 bridgehead atoms. The number of carbonyl (C=O) groups excluding carboxylic acids is 2. The maximum atomic E-state index is 12.4. The maximum absolute atomic E-state index is 12.4. The zero-order chi connectivity index (χ0) is 38.9. The van der Waals surface area contributed by atoms with Gasteiger partial charge in [0.05, 0.1) is 6.61 Å². The molecule has 0 aromatic rings. The van der Waals surface area contributed by atoms with Gasteiger partial charge in [-0.2, -0.15) is 0 Å². The third-order valence-electron chi connectivity index (χ3n) is 10.4. The average molecular weight is 775 g/mol. The molecule has 0 radical (unpaired) electrons. The lowest BCUT2D eigenvalue weighted by Gasteiger charge is -2.18. The van der Waals surface area contributed by atoms with Crippen LogP contribution in [0.2, 0.25) is 0 Å². The lowest BCUT2D eigenvalue weighted by atomic mass is 10.0. The van der Waals surface area contributed by atoms with E-state index in [1.54, 1.807) is 0 Å². The fraction of sp³-hybridized carbons (Fsp3) is 0.955. The molecule has 0 saturated carbocycles. The van der Waals surface area contributed by atoms with E-state index in [1.165, 1.54) is 186 Å². The van der Waals surface area contributed by atoms with Crippen molar-refractivity contribution in [3.05, 3.63) is 0 Å². The highest BCUT2D eigenvalue weighted by Crippen LogP contribution is 2.36. The van der Waals surface area contributed by atoms with E-state index in [0.717, 1.165) is 32.1 Å². The summed E-state index contributed by atoms with van der Waals surface area (Å²) in [5.41, 5.74) is 0. The maximum Gasteiger partial charge on any atom is 0.469 e. The molecule has 0 aliphatic carbocycles. The summed E-state index contributed by atoms with van der Waals surface area (Å²) in [7, 11) is -4.75. The van der Waals surface area contributed by atoms with Gasteiger partial charge in [-0.1, -0.05) is 226 Å². The first-order valence-electron chi connectivity index (χ1n) is 22.8. The molecular weight excluding hydrogens is 687 g/mol. The summed E-state index contributed by atoms with van der Waals surface area (Å²) in [5.74, 6) is -0.866. The highest BCUT2D eigenvalue weighted by Gasteiger charge is 2.23. The molecule has 0 amide bonds. The fourth-order valence-corrected chi connectivity index (χ4v) is 7.32. The zero-order valence-electron chi connectivity index (χ0n) is 34.9. The lowest BCUT2D eigenvalue weighted by molar-refractivity contribution is -0.161. The molecule has 316 valence electrons. The van der Waals surface area contributed by atoms with Crippen LogP contribution >= 0.6 is 7.82 Å². The molecule has 1 atom stereocenters. The van der Waals surface area contributed by atoms with Crippen LogP contribution in [0.3, 0.4) is 0 Å². The number of hydrogen-bond donors (Lipinski definition) is 2. The van der Waals surface area contributed by atoms with E-state index in [1.807, 2.05) is 0 Å². The van der Waals surface area contributed by atoms with Gasteiger partial charge in [0.1, 0.15) is 6.61 Å². The molecule has 0 aliphatic rings. The van der Waals surface area contributed by atoms with Crippen LogP contribution in [-0.4, -0.2) is 41.0 Å². The number of unbranched alkanes of at least 4 members (excludes halogenated alkanes) is 33. The Morgan fingerprint density at radius 1 is 0.415 bits per heavy atom. The van der Waals surface area contributed by atoms with Crippen LogP contribution in [0.1, 0.15) is 251 Å². The Labute approximate surface area is 327 Å². The summed E-state index contributed by atoms with van der Waals surface area (Å²) in [4.78, 5) is 42.9. The topological polar surface area (TPSA) is 119 Å². The van der Waals surface area contributed by atoms with Crippen molar-refractivity contribution in [2.24, 2.45) is 0 Å². The van der Waals surface area contributed by atoms with Gasteiger partial charge in [0.25, 0.3) is 0 Å². The van der Waals surface area contributed by atoms with Gasteiger partial charge in [-0.05, 0) is 12.8 Å². The Kier molecular flexibility index (Phi) is 40.0. The Bertz CT molecular complexity index is 832. The molecule has 8 nitrogen and oxygen atoms in total. The highest BCUT2D eigenvalue weighted by molar-refractivity contribution is 7.46. The molecule has 9 heteroatoms. The molecule has 0 aliphatic heterocycles. The normalized spacial score (nSPS) is 12.3. The molecule has 0 saturated heterocycles. The van der Waals surface area contributed by atoms with Gasteiger partial charge < -0.3 is 19.3 Å². The summed E-state index contributed by atoms with van der Waals surface area (Å²) in [6.07, 6.45) is 44.0. The highest BCUT2D eigenvalue weighted by atomic mass is 31.2.